The van der Waals surface area contributed by atoms with Crippen LogP contribution in [0.25, 0.3) is 0 Å². The van der Waals surface area contributed by atoms with Gasteiger partial charge < -0.3 is 4.90 Å². The van der Waals surface area contributed by atoms with Crippen molar-refractivity contribution in [3.05, 3.63) is 29.3 Å². The first-order valence-electron chi connectivity index (χ1n) is 5.19. The average Bonchev–Trinajstić information content (AvgIpc) is 2.54. The van der Waals surface area contributed by atoms with Gasteiger partial charge in [0.1, 0.15) is 0 Å². The Morgan fingerprint density at radius 3 is 2.53 bits per heavy atom. The summed E-state index contributed by atoms with van der Waals surface area (Å²) in [6.45, 7) is 4.36. The third-order valence-corrected chi connectivity index (χ3v) is 4.17. The number of amides is 1. The second-order valence-electron chi connectivity index (χ2n) is 4.28. The zero-order chi connectivity index (χ0) is 12.8. The van der Waals surface area contributed by atoms with Crippen LogP contribution < -0.4 is 0 Å². The molecule has 1 amide bonds. The Bertz CT molecular complexity index is 580. The molecule has 6 heteroatoms. The first kappa shape index (κ1) is 12.4. The highest BCUT2D eigenvalue weighted by molar-refractivity contribution is 8.13. The van der Waals surface area contributed by atoms with Gasteiger partial charge in [0.2, 0.25) is 0 Å². The maximum absolute atomic E-state index is 12.0. The highest BCUT2D eigenvalue weighted by atomic mass is 35.7. The van der Waals surface area contributed by atoms with Crippen molar-refractivity contribution in [3.8, 4) is 0 Å². The number of hydrogen-bond acceptors (Lipinski definition) is 3. The van der Waals surface area contributed by atoms with E-state index in [1.54, 1.807) is 11.0 Å². The Balaban J connectivity index is 2.48. The van der Waals surface area contributed by atoms with Crippen LogP contribution in [0.1, 0.15) is 29.8 Å². The van der Waals surface area contributed by atoms with Gasteiger partial charge in [-0.15, -0.1) is 0 Å². The lowest BCUT2D eigenvalue weighted by Gasteiger charge is -2.19. The lowest BCUT2D eigenvalue weighted by molar-refractivity contribution is 0.0730. The molecule has 0 atom stereocenters. The largest absolute Gasteiger partial charge is 0.332 e. The Kier molecular flexibility index (Phi) is 2.91. The van der Waals surface area contributed by atoms with E-state index in [0.717, 1.165) is 5.56 Å². The number of carbonyl (C=O) groups is 1. The summed E-state index contributed by atoms with van der Waals surface area (Å²) in [7, 11) is 1.47. The van der Waals surface area contributed by atoms with E-state index in [9.17, 15) is 13.2 Å². The smallest absolute Gasteiger partial charge is 0.261 e. The van der Waals surface area contributed by atoms with Crippen molar-refractivity contribution >= 4 is 25.6 Å². The summed E-state index contributed by atoms with van der Waals surface area (Å²) in [5.41, 5.74) is 1.27. The third kappa shape index (κ3) is 2.17. The number of benzene rings is 1. The summed E-state index contributed by atoms with van der Waals surface area (Å²) in [5, 5.41) is 0. The quantitative estimate of drug-likeness (QED) is 0.774. The zero-order valence-corrected chi connectivity index (χ0v) is 11.0. The number of carbonyl (C=O) groups excluding carboxylic acids is 1. The lowest BCUT2D eigenvalue weighted by Crippen LogP contribution is -2.30. The minimum absolute atomic E-state index is 0.0307. The molecule has 1 aliphatic rings. The van der Waals surface area contributed by atoms with Crippen LogP contribution in [0.2, 0.25) is 0 Å². The van der Waals surface area contributed by atoms with Gasteiger partial charge in [0.25, 0.3) is 15.0 Å². The average molecular weight is 274 g/mol. The fourth-order valence-corrected chi connectivity index (χ4v) is 2.65. The maximum Gasteiger partial charge on any atom is 0.261 e. The van der Waals surface area contributed by atoms with Crippen LogP contribution in [0.4, 0.5) is 0 Å². The van der Waals surface area contributed by atoms with Crippen molar-refractivity contribution in [3.63, 3.8) is 0 Å². The minimum atomic E-state index is -3.78. The van der Waals surface area contributed by atoms with Crippen LogP contribution in [0.15, 0.2) is 23.1 Å². The molecule has 0 saturated heterocycles. The summed E-state index contributed by atoms with van der Waals surface area (Å²) in [4.78, 5) is 13.7. The van der Waals surface area contributed by atoms with Crippen LogP contribution in [-0.2, 0) is 15.6 Å². The van der Waals surface area contributed by atoms with Gasteiger partial charge in [0.05, 0.1) is 4.90 Å². The molecule has 1 heterocycles. The first-order chi connectivity index (χ1) is 7.80. The van der Waals surface area contributed by atoms with Gasteiger partial charge in [-0.05, 0) is 31.5 Å². The SMILES string of the molecule is CC(C)N1Cc2ccc(S(=O)(=O)Cl)cc2C1=O. The van der Waals surface area contributed by atoms with Gasteiger partial charge in [-0.25, -0.2) is 8.42 Å². The standard InChI is InChI=1S/C11H12ClNO3S/c1-7(2)13-6-8-3-4-9(17(12,15)16)5-10(8)11(13)14/h3-5,7H,6H2,1-2H3. The van der Waals surface area contributed by atoms with Crippen LogP contribution in [0, 0.1) is 0 Å². The Morgan fingerprint density at radius 2 is 2.00 bits per heavy atom. The predicted molar refractivity (Wildman–Crippen MR) is 64.5 cm³/mol. The molecule has 1 aromatic carbocycles. The predicted octanol–water partition coefficient (Wildman–Crippen LogP) is 1.98. The molecule has 0 N–H and O–H groups in total. The van der Waals surface area contributed by atoms with Crippen LogP contribution >= 0.6 is 10.7 Å². The first-order valence-corrected chi connectivity index (χ1v) is 7.50. The van der Waals surface area contributed by atoms with Crippen LogP contribution in [-0.4, -0.2) is 25.3 Å². The second kappa shape index (κ2) is 3.99. The molecule has 0 radical (unpaired) electrons. The van der Waals surface area contributed by atoms with E-state index < -0.39 is 9.05 Å². The van der Waals surface area contributed by atoms with Crippen molar-refractivity contribution in [2.75, 3.05) is 0 Å². The molecule has 0 bridgehead atoms. The van der Waals surface area contributed by atoms with Gasteiger partial charge in [0.15, 0.2) is 0 Å². The Morgan fingerprint density at radius 1 is 1.35 bits per heavy atom. The highest BCUT2D eigenvalue weighted by Gasteiger charge is 2.30. The normalized spacial score (nSPS) is 15.5. The second-order valence-corrected chi connectivity index (χ2v) is 6.85. The van der Waals surface area contributed by atoms with Gasteiger partial charge in [-0.2, -0.15) is 0 Å². The summed E-state index contributed by atoms with van der Waals surface area (Å²) in [6.07, 6.45) is 0. The van der Waals surface area contributed by atoms with Gasteiger partial charge in [-0.3, -0.25) is 4.79 Å². The number of nitrogens with zero attached hydrogens (tertiary/aromatic N) is 1. The van der Waals surface area contributed by atoms with E-state index in [1.807, 2.05) is 13.8 Å². The fourth-order valence-electron chi connectivity index (χ4n) is 1.87. The molecular weight excluding hydrogens is 262 g/mol. The molecule has 0 spiro atoms. The molecule has 2 rings (SSSR count). The topological polar surface area (TPSA) is 54.5 Å². The van der Waals surface area contributed by atoms with Gasteiger partial charge in [0, 0.05) is 28.8 Å². The molecule has 17 heavy (non-hydrogen) atoms. The summed E-state index contributed by atoms with van der Waals surface area (Å²) >= 11 is 0. The Hall–Kier alpha value is -1.07. The number of halogens is 1. The van der Waals surface area contributed by atoms with Crippen molar-refractivity contribution in [2.45, 2.75) is 31.3 Å². The van der Waals surface area contributed by atoms with Crippen LogP contribution in [0.5, 0.6) is 0 Å². The zero-order valence-electron chi connectivity index (χ0n) is 9.47. The van der Waals surface area contributed by atoms with Crippen molar-refractivity contribution in [1.82, 2.24) is 4.90 Å². The van der Waals surface area contributed by atoms with Gasteiger partial charge in [-0.1, -0.05) is 6.07 Å². The summed E-state index contributed by atoms with van der Waals surface area (Å²) in [6, 6.07) is 4.51. The van der Waals surface area contributed by atoms with Crippen molar-refractivity contribution in [1.29, 1.82) is 0 Å². The van der Waals surface area contributed by atoms with E-state index in [0.29, 0.717) is 12.1 Å². The third-order valence-electron chi connectivity index (χ3n) is 2.82. The minimum Gasteiger partial charge on any atom is -0.332 e. The van der Waals surface area contributed by atoms with E-state index in [4.69, 9.17) is 10.7 Å². The highest BCUT2D eigenvalue weighted by Crippen LogP contribution is 2.27. The van der Waals surface area contributed by atoms with Gasteiger partial charge >= 0.3 is 0 Å². The van der Waals surface area contributed by atoms with E-state index >= 15 is 0 Å². The molecule has 1 aromatic rings. The summed E-state index contributed by atoms with van der Waals surface area (Å²) in [5.74, 6) is -0.142. The molecule has 0 unspecified atom stereocenters. The van der Waals surface area contributed by atoms with Crippen LogP contribution in [0.3, 0.4) is 0 Å². The van der Waals surface area contributed by atoms with E-state index in [2.05, 4.69) is 0 Å². The van der Waals surface area contributed by atoms with Crippen molar-refractivity contribution in [2.24, 2.45) is 0 Å². The molecule has 0 saturated carbocycles. The number of hydrogen-bond donors (Lipinski definition) is 0. The molecule has 0 aliphatic carbocycles. The number of rotatable bonds is 2. The molecular formula is C11H12ClNO3S. The van der Waals surface area contributed by atoms with E-state index in [-0.39, 0.29) is 16.8 Å². The summed E-state index contributed by atoms with van der Waals surface area (Å²) < 4.78 is 22.4. The molecule has 0 fully saturated rings. The molecule has 4 nitrogen and oxygen atoms in total. The lowest BCUT2D eigenvalue weighted by atomic mass is 10.1. The Labute approximate surface area is 105 Å². The van der Waals surface area contributed by atoms with E-state index in [1.165, 1.54) is 12.1 Å². The fraction of sp³-hybridized carbons (Fsp3) is 0.364. The number of fused-ring (bicyclic) bond motifs is 1. The monoisotopic (exact) mass is 273 g/mol. The molecule has 1 aliphatic heterocycles. The maximum atomic E-state index is 12.0. The van der Waals surface area contributed by atoms with Crippen molar-refractivity contribution < 1.29 is 13.2 Å². The molecule has 92 valence electrons. The molecule has 0 aromatic heterocycles.